The number of hydrogen-bond acceptors (Lipinski definition) is 2. The van der Waals surface area contributed by atoms with Crippen LogP contribution in [0.5, 0.6) is 0 Å². The highest BCUT2D eigenvalue weighted by atomic mass is 14.9. The zero-order valence-corrected chi connectivity index (χ0v) is 10.9. The largest absolute Gasteiger partial charge is 0.348 e. The zero-order chi connectivity index (χ0) is 12.5. The van der Waals surface area contributed by atoms with Crippen LogP contribution in [-0.2, 0) is 12.8 Å². The minimum atomic E-state index is 1.13. The van der Waals surface area contributed by atoms with Crippen molar-refractivity contribution >= 4 is 0 Å². The molecule has 0 spiro atoms. The smallest absolute Gasteiger partial charge is 0.0921 e. The quantitative estimate of drug-likeness (QED) is 0.667. The Kier molecular flexibility index (Phi) is 5.50. The number of nitrogens with one attached hydrogen (secondary N) is 2. The average molecular weight is 246 g/mol. The first-order chi connectivity index (χ1) is 8.95. The van der Waals surface area contributed by atoms with Crippen LogP contribution in [0, 0.1) is 0 Å². The van der Waals surface area contributed by atoms with Crippen LogP contribution >= 0.6 is 0 Å². The minimum absolute atomic E-state index is 1.13. The van der Waals surface area contributed by atoms with Crippen LogP contribution in [0.25, 0.3) is 0 Å². The van der Waals surface area contributed by atoms with Crippen molar-refractivity contribution in [2.45, 2.75) is 51.4 Å². The second-order valence-corrected chi connectivity index (χ2v) is 4.78. The van der Waals surface area contributed by atoms with Gasteiger partial charge in [-0.3, -0.25) is 0 Å². The van der Waals surface area contributed by atoms with E-state index in [0.717, 1.165) is 12.8 Å². The number of aromatic amines is 2. The SMILES string of the molecule is c1ncc(CCCCCCCCc2cnc[nH]2)[nH]1. The van der Waals surface area contributed by atoms with Crippen LogP contribution in [-0.4, -0.2) is 19.9 Å². The van der Waals surface area contributed by atoms with Crippen molar-refractivity contribution in [1.82, 2.24) is 19.9 Å². The van der Waals surface area contributed by atoms with Gasteiger partial charge in [0.25, 0.3) is 0 Å². The molecule has 0 atom stereocenters. The van der Waals surface area contributed by atoms with Gasteiger partial charge >= 0.3 is 0 Å². The predicted octanol–water partition coefficient (Wildman–Crippen LogP) is 3.26. The lowest BCUT2D eigenvalue weighted by atomic mass is 10.1. The van der Waals surface area contributed by atoms with Crippen molar-refractivity contribution in [2.24, 2.45) is 0 Å². The topological polar surface area (TPSA) is 57.4 Å². The second kappa shape index (κ2) is 7.69. The van der Waals surface area contributed by atoms with Crippen molar-refractivity contribution in [3.63, 3.8) is 0 Å². The minimum Gasteiger partial charge on any atom is -0.348 e. The molecule has 4 heteroatoms. The molecule has 0 bridgehead atoms. The molecular weight excluding hydrogens is 224 g/mol. The normalized spacial score (nSPS) is 10.9. The third-order valence-electron chi connectivity index (χ3n) is 3.25. The van der Waals surface area contributed by atoms with E-state index in [2.05, 4.69) is 19.9 Å². The van der Waals surface area contributed by atoms with Gasteiger partial charge in [0.05, 0.1) is 12.7 Å². The summed E-state index contributed by atoms with van der Waals surface area (Å²) in [5.74, 6) is 0. The molecule has 2 aromatic rings. The molecule has 0 fully saturated rings. The molecule has 4 nitrogen and oxygen atoms in total. The third kappa shape index (κ3) is 4.73. The summed E-state index contributed by atoms with van der Waals surface area (Å²) in [7, 11) is 0. The van der Waals surface area contributed by atoms with E-state index in [0.29, 0.717) is 0 Å². The molecule has 2 aromatic heterocycles. The fourth-order valence-electron chi connectivity index (χ4n) is 2.18. The molecule has 2 N–H and O–H groups in total. The molecule has 98 valence electrons. The zero-order valence-electron chi connectivity index (χ0n) is 10.9. The maximum Gasteiger partial charge on any atom is 0.0921 e. The number of nitrogens with zero attached hydrogens (tertiary/aromatic N) is 2. The van der Waals surface area contributed by atoms with Gasteiger partial charge in [-0.1, -0.05) is 25.7 Å². The standard InChI is InChI=1S/C14H22N4/c1(3-5-7-13-9-15-11-17-13)2-4-6-8-14-10-16-12-18-14/h9-12H,1-8H2,(H,15,17)(H,16,18). The van der Waals surface area contributed by atoms with Gasteiger partial charge in [0.2, 0.25) is 0 Å². The number of aryl methyl sites for hydroxylation is 2. The van der Waals surface area contributed by atoms with Gasteiger partial charge in [0.15, 0.2) is 0 Å². The van der Waals surface area contributed by atoms with E-state index >= 15 is 0 Å². The fourth-order valence-corrected chi connectivity index (χ4v) is 2.18. The van der Waals surface area contributed by atoms with Crippen molar-refractivity contribution in [3.05, 3.63) is 36.4 Å². The van der Waals surface area contributed by atoms with E-state index in [1.54, 1.807) is 12.7 Å². The Bertz CT molecular complexity index is 351. The number of hydrogen-bond donors (Lipinski definition) is 2. The monoisotopic (exact) mass is 246 g/mol. The van der Waals surface area contributed by atoms with Gasteiger partial charge in [-0.25, -0.2) is 9.97 Å². The van der Waals surface area contributed by atoms with Crippen LogP contribution in [0.3, 0.4) is 0 Å². The molecule has 0 saturated heterocycles. The van der Waals surface area contributed by atoms with Crippen molar-refractivity contribution in [3.8, 4) is 0 Å². The van der Waals surface area contributed by atoms with Gasteiger partial charge in [-0.2, -0.15) is 0 Å². The van der Waals surface area contributed by atoms with Crippen molar-refractivity contribution < 1.29 is 0 Å². The van der Waals surface area contributed by atoms with Crippen LogP contribution in [0.1, 0.15) is 49.9 Å². The maximum atomic E-state index is 4.02. The van der Waals surface area contributed by atoms with Gasteiger partial charge in [-0.15, -0.1) is 0 Å². The lowest BCUT2D eigenvalue weighted by Gasteiger charge is -2.01. The highest BCUT2D eigenvalue weighted by Crippen LogP contribution is 2.09. The summed E-state index contributed by atoms with van der Waals surface area (Å²) < 4.78 is 0. The molecule has 2 heterocycles. The lowest BCUT2D eigenvalue weighted by Crippen LogP contribution is -1.88. The van der Waals surface area contributed by atoms with Crippen molar-refractivity contribution in [2.75, 3.05) is 0 Å². The maximum absolute atomic E-state index is 4.02. The van der Waals surface area contributed by atoms with Crippen LogP contribution in [0.2, 0.25) is 0 Å². The Hall–Kier alpha value is -1.58. The summed E-state index contributed by atoms with van der Waals surface area (Å²) in [6.07, 6.45) is 17.5. The van der Waals surface area contributed by atoms with E-state index in [4.69, 9.17) is 0 Å². The first-order valence-electron chi connectivity index (χ1n) is 6.89. The Labute approximate surface area is 108 Å². The lowest BCUT2D eigenvalue weighted by molar-refractivity contribution is 0.590. The van der Waals surface area contributed by atoms with E-state index in [-0.39, 0.29) is 0 Å². The molecule has 0 unspecified atom stereocenters. The third-order valence-corrected chi connectivity index (χ3v) is 3.25. The predicted molar refractivity (Wildman–Crippen MR) is 72.3 cm³/mol. The molecule has 0 amide bonds. The highest BCUT2D eigenvalue weighted by Gasteiger charge is 1.96. The molecule has 0 saturated carbocycles. The van der Waals surface area contributed by atoms with Gasteiger partial charge < -0.3 is 9.97 Å². The summed E-state index contributed by atoms with van der Waals surface area (Å²) in [6, 6.07) is 0. The Morgan fingerprint density at radius 1 is 0.667 bits per heavy atom. The number of rotatable bonds is 9. The molecule has 0 aliphatic rings. The first-order valence-corrected chi connectivity index (χ1v) is 6.89. The number of aromatic nitrogens is 4. The van der Waals surface area contributed by atoms with Gasteiger partial charge in [-0.05, 0) is 25.7 Å². The molecule has 2 rings (SSSR count). The van der Waals surface area contributed by atoms with Crippen LogP contribution in [0.4, 0.5) is 0 Å². The average Bonchev–Trinajstić information content (AvgIpc) is 3.05. The summed E-state index contributed by atoms with van der Waals surface area (Å²) in [4.78, 5) is 14.3. The Balaban J connectivity index is 1.40. The van der Waals surface area contributed by atoms with E-state index in [1.807, 2.05) is 12.4 Å². The Morgan fingerprint density at radius 3 is 1.50 bits per heavy atom. The number of imidazole rings is 2. The Morgan fingerprint density at radius 2 is 1.11 bits per heavy atom. The van der Waals surface area contributed by atoms with Crippen molar-refractivity contribution in [1.29, 1.82) is 0 Å². The molecule has 0 aliphatic heterocycles. The molecule has 0 radical (unpaired) electrons. The second-order valence-electron chi connectivity index (χ2n) is 4.78. The van der Waals surface area contributed by atoms with Crippen LogP contribution < -0.4 is 0 Å². The van der Waals surface area contributed by atoms with E-state index < -0.39 is 0 Å². The van der Waals surface area contributed by atoms with Crippen LogP contribution in [0.15, 0.2) is 25.0 Å². The first kappa shape index (κ1) is 12.9. The summed E-state index contributed by atoms with van der Waals surface area (Å²) in [5, 5.41) is 0. The number of H-pyrrole nitrogens is 2. The van der Waals surface area contributed by atoms with Gasteiger partial charge in [0, 0.05) is 23.8 Å². The fraction of sp³-hybridized carbons (Fsp3) is 0.571. The molecule has 0 aromatic carbocycles. The molecule has 18 heavy (non-hydrogen) atoms. The summed E-state index contributed by atoms with van der Waals surface area (Å²) in [5.41, 5.74) is 2.52. The summed E-state index contributed by atoms with van der Waals surface area (Å²) in [6.45, 7) is 0. The molecule has 0 aliphatic carbocycles. The highest BCUT2D eigenvalue weighted by molar-refractivity contribution is 4.94. The van der Waals surface area contributed by atoms with E-state index in [1.165, 1.54) is 49.9 Å². The summed E-state index contributed by atoms with van der Waals surface area (Å²) >= 11 is 0. The molecular formula is C14H22N4. The van der Waals surface area contributed by atoms with Gasteiger partial charge in [0.1, 0.15) is 0 Å². The number of unbranched alkanes of at least 4 members (excludes halogenated alkanes) is 5. The van der Waals surface area contributed by atoms with E-state index in [9.17, 15) is 0 Å².